The van der Waals surface area contributed by atoms with E-state index in [-0.39, 0.29) is 5.91 Å². The van der Waals surface area contributed by atoms with Crippen LogP contribution < -0.4 is 16.0 Å². The second-order valence-corrected chi connectivity index (χ2v) is 7.05. The molecule has 1 atom stereocenters. The number of aliphatic hydroxyl groups excluding tert-OH is 1. The van der Waals surface area contributed by atoms with Crippen molar-refractivity contribution in [1.29, 1.82) is 0 Å². The second-order valence-electron chi connectivity index (χ2n) is 7.05. The molecule has 27 heavy (non-hydrogen) atoms. The van der Waals surface area contributed by atoms with E-state index >= 15 is 0 Å². The molecule has 4 N–H and O–H groups in total. The number of benzene rings is 1. The largest absolute Gasteiger partial charge is 0.387 e. The van der Waals surface area contributed by atoms with Gasteiger partial charge in [0.15, 0.2) is 0 Å². The van der Waals surface area contributed by atoms with Crippen molar-refractivity contribution in [1.82, 2.24) is 16.0 Å². The molecule has 2 aliphatic rings. The Morgan fingerprint density at radius 1 is 1.30 bits per heavy atom. The molecule has 2 amide bonds. The van der Waals surface area contributed by atoms with Gasteiger partial charge in [0.2, 0.25) is 5.91 Å². The molecule has 6 heteroatoms. The molecular weight excluding hydrogens is 342 g/mol. The number of rotatable bonds is 7. The quantitative estimate of drug-likeness (QED) is 0.590. The highest BCUT2D eigenvalue weighted by molar-refractivity contribution is 5.99. The van der Waals surface area contributed by atoms with Gasteiger partial charge in [0.25, 0.3) is 5.91 Å². The standard InChI is InChI=1S/C21H27N3O3/c1-2-14-8-6-7-11-16(14)20(24-18(26)13-25)19-17(12-22-21(19)27)23-15-9-4-3-5-10-15/h2,6-8,11,15,20,23,25H,1,3-5,9-10,12-13H2,(H,22,27)(H,24,26)/t20-/m1/s1. The molecule has 0 aromatic heterocycles. The summed E-state index contributed by atoms with van der Waals surface area (Å²) in [5.74, 6) is -0.724. The van der Waals surface area contributed by atoms with Crippen LogP contribution in [0.1, 0.15) is 49.3 Å². The first-order valence-electron chi connectivity index (χ1n) is 9.53. The molecule has 1 aliphatic carbocycles. The maximum atomic E-state index is 12.7. The summed E-state index contributed by atoms with van der Waals surface area (Å²) in [6, 6.07) is 7.21. The minimum atomic E-state index is -0.646. The van der Waals surface area contributed by atoms with Gasteiger partial charge in [-0.1, -0.05) is 56.2 Å². The molecule has 0 saturated heterocycles. The molecular formula is C21H27N3O3. The first-order valence-corrected chi connectivity index (χ1v) is 9.53. The van der Waals surface area contributed by atoms with Crippen LogP contribution in [0.2, 0.25) is 0 Å². The SMILES string of the molecule is C=Cc1ccccc1[C@@H](NC(=O)CO)C1=C(NC2CCCCC2)CNC1=O. The van der Waals surface area contributed by atoms with Crippen LogP contribution in [0.25, 0.3) is 6.08 Å². The monoisotopic (exact) mass is 369 g/mol. The van der Waals surface area contributed by atoms with Crippen LogP contribution in [0.3, 0.4) is 0 Å². The summed E-state index contributed by atoms with van der Waals surface area (Å²) in [6.07, 6.45) is 7.50. The summed E-state index contributed by atoms with van der Waals surface area (Å²) in [5, 5.41) is 18.4. The summed E-state index contributed by atoms with van der Waals surface area (Å²) in [5.41, 5.74) is 2.96. The first kappa shape index (κ1) is 19.2. The fraction of sp³-hybridized carbons (Fsp3) is 0.429. The van der Waals surface area contributed by atoms with Gasteiger partial charge in [0.1, 0.15) is 6.61 Å². The van der Waals surface area contributed by atoms with Crippen LogP contribution in [-0.2, 0) is 9.59 Å². The molecule has 3 rings (SSSR count). The van der Waals surface area contributed by atoms with Gasteiger partial charge in [-0.2, -0.15) is 0 Å². The predicted octanol–water partition coefficient (Wildman–Crippen LogP) is 1.79. The Labute approximate surface area is 159 Å². The molecule has 0 bridgehead atoms. The van der Waals surface area contributed by atoms with E-state index in [1.54, 1.807) is 6.08 Å². The summed E-state index contributed by atoms with van der Waals surface area (Å²) in [4.78, 5) is 24.7. The zero-order valence-electron chi connectivity index (χ0n) is 15.5. The van der Waals surface area contributed by atoms with Crippen molar-refractivity contribution in [3.63, 3.8) is 0 Å². The highest BCUT2D eigenvalue weighted by Crippen LogP contribution is 2.30. The van der Waals surface area contributed by atoms with Gasteiger partial charge in [0.05, 0.1) is 18.2 Å². The lowest BCUT2D eigenvalue weighted by Gasteiger charge is -2.27. The smallest absolute Gasteiger partial charge is 0.251 e. The summed E-state index contributed by atoms with van der Waals surface area (Å²) >= 11 is 0. The number of carbonyl (C=O) groups is 2. The number of carbonyl (C=O) groups excluding carboxylic acids is 2. The minimum absolute atomic E-state index is 0.199. The third-order valence-electron chi connectivity index (χ3n) is 5.24. The van der Waals surface area contributed by atoms with E-state index in [0.29, 0.717) is 18.2 Å². The highest BCUT2D eigenvalue weighted by Gasteiger charge is 2.33. The van der Waals surface area contributed by atoms with Gasteiger partial charge < -0.3 is 21.1 Å². The Hall–Kier alpha value is -2.60. The Balaban J connectivity index is 1.99. The molecule has 0 unspecified atom stereocenters. The van der Waals surface area contributed by atoms with Crippen molar-refractivity contribution in [2.45, 2.75) is 44.2 Å². The lowest BCUT2D eigenvalue weighted by Crippen LogP contribution is -2.36. The molecule has 1 aromatic rings. The Kier molecular flexibility index (Phi) is 6.29. The summed E-state index contributed by atoms with van der Waals surface area (Å²) in [7, 11) is 0. The fourth-order valence-corrected chi connectivity index (χ4v) is 3.90. The van der Waals surface area contributed by atoms with Crippen molar-refractivity contribution in [3.05, 3.63) is 53.2 Å². The van der Waals surface area contributed by atoms with Crippen molar-refractivity contribution in [3.8, 4) is 0 Å². The number of hydrogen-bond acceptors (Lipinski definition) is 4. The van der Waals surface area contributed by atoms with Gasteiger partial charge in [0, 0.05) is 11.7 Å². The zero-order chi connectivity index (χ0) is 19.2. The highest BCUT2D eigenvalue weighted by atomic mass is 16.3. The Morgan fingerprint density at radius 3 is 2.74 bits per heavy atom. The maximum absolute atomic E-state index is 12.7. The molecule has 0 spiro atoms. The third-order valence-corrected chi connectivity index (χ3v) is 5.24. The number of aliphatic hydroxyl groups is 1. The lowest BCUT2D eigenvalue weighted by molar-refractivity contribution is -0.124. The van der Waals surface area contributed by atoms with E-state index in [9.17, 15) is 14.7 Å². The van der Waals surface area contributed by atoms with E-state index in [0.717, 1.165) is 29.7 Å². The van der Waals surface area contributed by atoms with E-state index in [4.69, 9.17) is 0 Å². The topological polar surface area (TPSA) is 90.5 Å². The van der Waals surface area contributed by atoms with E-state index in [1.807, 2.05) is 24.3 Å². The molecule has 6 nitrogen and oxygen atoms in total. The van der Waals surface area contributed by atoms with Gasteiger partial charge in [-0.25, -0.2) is 0 Å². The van der Waals surface area contributed by atoms with Gasteiger partial charge in [-0.3, -0.25) is 9.59 Å². The van der Waals surface area contributed by atoms with Crippen LogP contribution in [0.4, 0.5) is 0 Å². The Morgan fingerprint density at radius 2 is 2.04 bits per heavy atom. The molecule has 144 valence electrons. The molecule has 1 aromatic carbocycles. The molecule has 1 fully saturated rings. The number of amides is 2. The first-order chi connectivity index (χ1) is 13.1. The van der Waals surface area contributed by atoms with Crippen LogP contribution >= 0.6 is 0 Å². The second kappa shape index (κ2) is 8.86. The van der Waals surface area contributed by atoms with Gasteiger partial charge in [-0.05, 0) is 24.0 Å². The third kappa shape index (κ3) is 4.39. The normalized spacial score (nSPS) is 18.8. The van der Waals surface area contributed by atoms with Gasteiger partial charge in [-0.15, -0.1) is 0 Å². The van der Waals surface area contributed by atoms with Crippen LogP contribution in [0.15, 0.2) is 42.1 Å². The van der Waals surface area contributed by atoms with Crippen molar-refractivity contribution in [2.75, 3.05) is 13.2 Å². The number of hydrogen-bond donors (Lipinski definition) is 4. The molecule has 1 heterocycles. The number of nitrogens with one attached hydrogen (secondary N) is 3. The Bertz CT molecular complexity index is 751. The molecule has 1 aliphatic heterocycles. The summed E-state index contributed by atoms with van der Waals surface area (Å²) in [6.45, 7) is 3.63. The lowest BCUT2D eigenvalue weighted by atomic mass is 9.92. The van der Waals surface area contributed by atoms with Crippen LogP contribution in [-0.4, -0.2) is 36.1 Å². The van der Waals surface area contributed by atoms with E-state index in [1.165, 1.54) is 19.3 Å². The maximum Gasteiger partial charge on any atom is 0.251 e. The average molecular weight is 369 g/mol. The predicted molar refractivity (Wildman–Crippen MR) is 105 cm³/mol. The van der Waals surface area contributed by atoms with Crippen LogP contribution in [0.5, 0.6) is 0 Å². The van der Waals surface area contributed by atoms with Crippen LogP contribution in [0, 0.1) is 0 Å². The van der Waals surface area contributed by atoms with Crippen molar-refractivity contribution < 1.29 is 14.7 Å². The van der Waals surface area contributed by atoms with Crippen molar-refractivity contribution >= 4 is 17.9 Å². The zero-order valence-corrected chi connectivity index (χ0v) is 15.5. The van der Waals surface area contributed by atoms with E-state index in [2.05, 4.69) is 22.5 Å². The van der Waals surface area contributed by atoms with E-state index < -0.39 is 18.6 Å². The minimum Gasteiger partial charge on any atom is -0.387 e. The fourth-order valence-electron chi connectivity index (χ4n) is 3.90. The van der Waals surface area contributed by atoms with Crippen molar-refractivity contribution in [2.24, 2.45) is 0 Å². The van der Waals surface area contributed by atoms with Gasteiger partial charge >= 0.3 is 0 Å². The summed E-state index contributed by atoms with van der Waals surface area (Å²) < 4.78 is 0. The average Bonchev–Trinajstić information content (AvgIpc) is 3.06. The molecule has 1 saturated carbocycles. The molecule has 0 radical (unpaired) electrons.